The summed E-state index contributed by atoms with van der Waals surface area (Å²) in [6.45, 7) is 6.96. The molecule has 92 valence electrons. The second-order valence-electron chi connectivity index (χ2n) is 6.98. The zero-order valence-corrected chi connectivity index (χ0v) is 10.7. The Morgan fingerprint density at radius 2 is 1.94 bits per heavy atom. The van der Waals surface area contributed by atoms with Crippen molar-refractivity contribution in [2.45, 2.75) is 58.1 Å². The Bertz CT molecular complexity index is 262. The van der Waals surface area contributed by atoms with Crippen molar-refractivity contribution in [3.05, 3.63) is 0 Å². The number of nitrogens with one attached hydrogen (secondary N) is 1. The molecule has 2 saturated carbocycles. The van der Waals surface area contributed by atoms with Gasteiger partial charge in [0.25, 0.3) is 0 Å². The lowest BCUT2D eigenvalue weighted by atomic mass is 9.72. The van der Waals surface area contributed by atoms with Crippen molar-refractivity contribution in [2.24, 2.45) is 17.3 Å². The minimum absolute atomic E-state index is 0.0349. The zero-order chi connectivity index (χ0) is 11.2. The molecule has 1 heterocycles. The van der Waals surface area contributed by atoms with Crippen molar-refractivity contribution in [1.29, 1.82) is 0 Å². The fourth-order valence-corrected chi connectivity index (χ4v) is 3.64. The number of ether oxygens (including phenoxy) is 1. The van der Waals surface area contributed by atoms with Crippen molar-refractivity contribution in [2.75, 3.05) is 13.2 Å². The molecular weight excluding hydrogens is 198 g/mol. The molecule has 1 N–H and O–H groups in total. The molecule has 2 aliphatic carbocycles. The monoisotopic (exact) mass is 223 g/mol. The van der Waals surface area contributed by atoms with Gasteiger partial charge in [-0.15, -0.1) is 0 Å². The molecule has 3 aliphatic rings. The highest BCUT2D eigenvalue weighted by Crippen LogP contribution is 2.45. The highest BCUT2D eigenvalue weighted by molar-refractivity contribution is 4.95. The lowest BCUT2D eigenvalue weighted by Gasteiger charge is -2.49. The molecule has 16 heavy (non-hydrogen) atoms. The van der Waals surface area contributed by atoms with Gasteiger partial charge in [-0.25, -0.2) is 0 Å². The smallest absolute Gasteiger partial charge is 0.119 e. The fraction of sp³-hybridized carbons (Fsp3) is 1.00. The predicted molar refractivity (Wildman–Crippen MR) is 65.1 cm³/mol. The van der Waals surface area contributed by atoms with Gasteiger partial charge in [0.05, 0.1) is 6.61 Å². The molecule has 2 nitrogen and oxygen atoms in total. The Balaban J connectivity index is 1.62. The third kappa shape index (κ3) is 2.14. The van der Waals surface area contributed by atoms with Crippen molar-refractivity contribution >= 4 is 0 Å². The van der Waals surface area contributed by atoms with Crippen LogP contribution in [0.4, 0.5) is 0 Å². The Morgan fingerprint density at radius 3 is 2.50 bits per heavy atom. The Morgan fingerprint density at radius 1 is 1.12 bits per heavy atom. The van der Waals surface area contributed by atoms with Crippen LogP contribution in [0.3, 0.4) is 0 Å². The molecule has 1 saturated heterocycles. The molecule has 0 radical (unpaired) electrons. The van der Waals surface area contributed by atoms with Gasteiger partial charge in [-0.1, -0.05) is 13.8 Å². The summed E-state index contributed by atoms with van der Waals surface area (Å²) in [7, 11) is 0. The highest BCUT2D eigenvalue weighted by Gasteiger charge is 2.45. The van der Waals surface area contributed by atoms with Gasteiger partial charge in [0.1, 0.15) is 5.72 Å². The first-order chi connectivity index (χ1) is 7.59. The van der Waals surface area contributed by atoms with Crippen molar-refractivity contribution < 1.29 is 4.74 Å². The van der Waals surface area contributed by atoms with E-state index in [2.05, 4.69) is 19.2 Å². The van der Waals surface area contributed by atoms with Crippen LogP contribution < -0.4 is 5.32 Å². The molecule has 3 rings (SSSR count). The minimum atomic E-state index is 0.0349. The Hall–Kier alpha value is -0.0800. The standard InChI is InChI=1S/C14H25NO/c1-13(2)6-3-7-14(10-13)15-8-12(9-16-14)11-4-5-11/h11-12,15H,3-10H2,1-2H3. The maximum Gasteiger partial charge on any atom is 0.119 e. The number of rotatable bonds is 1. The Labute approximate surface area is 99.1 Å². The third-order valence-electron chi connectivity index (χ3n) is 4.75. The van der Waals surface area contributed by atoms with Crippen LogP contribution in [0.25, 0.3) is 0 Å². The van der Waals surface area contributed by atoms with Gasteiger partial charge in [-0.3, -0.25) is 5.32 Å². The maximum absolute atomic E-state index is 6.24. The van der Waals surface area contributed by atoms with Crippen LogP contribution in [0.1, 0.15) is 52.4 Å². The van der Waals surface area contributed by atoms with E-state index in [1.54, 1.807) is 0 Å². The van der Waals surface area contributed by atoms with Crippen LogP contribution in [-0.4, -0.2) is 18.9 Å². The number of hydrogen-bond acceptors (Lipinski definition) is 2. The molecule has 0 aromatic carbocycles. The first-order valence-electron chi connectivity index (χ1n) is 6.98. The van der Waals surface area contributed by atoms with Crippen LogP contribution in [0.5, 0.6) is 0 Å². The zero-order valence-electron chi connectivity index (χ0n) is 10.7. The molecule has 0 amide bonds. The van der Waals surface area contributed by atoms with E-state index in [0.717, 1.165) is 18.4 Å². The lowest BCUT2D eigenvalue weighted by molar-refractivity contribution is -0.157. The summed E-state index contributed by atoms with van der Waals surface area (Å²) >= 11 is 0. The van der Waals surface area contributed by atoms with Crippen LogP contribution in [0.2, 0.25) is 0 Å². The highest BCUT2D eigenvalue weighted by atomic mass is 16.5. The van der Waals surface area contributed by atoms with E-state index in [4.69, 9.17) is 4.74 Å². The van der Waals surface area contributed by atoms with Gasteiger partial charge in [0, 0.05) is 6.54 Å². The topological polar surface area (TPSA) is 21.3 Å². The molecular formula is C14H25NO. The largest absolute Gasteiger partial charge is 0.360 e. The second kappa shape index (κ2) is 3.71. The van der Waals surface area contributed by atoms with E-state index in [-0.39, 0.29) is 5.72 Å². The fourth-order valence-electron chi connectivity index (χ4n) is 3.64. The normalized spacial score (nSPS) is 43.5. The molecule has 0 bridgehead atoms. The van der Waals surface area contributed by atoms with E-state index in [1.165, 1.54) is 45.1 Å². The molecule has 0 aromatic heterocycles. The number of hydrogen-bond donors (Lipinski definition) is 1. The van der Waals surface area contributed by atoms with Gasteiger partial charge in [-0.05, 0) is 55.8 Å². The van der Waals surface area contributed by atoms with Crippen LogP contribution in [0, 0.1) is 17.3 Å². The second-order valence-corrected chi connectivity index (χ2v) is 6.98. The van der Waals surface area contributed by atoms with Crippen LogP contribution in [-0.2, 0) is 4.74 Å². The molecule has 2 heteroatoms. The summed E-state index contributed by atoms with van der Waals surface area (Å²) in [5.41, 5.74) is 0.491. The van der Waals surface area contributed by atoms with Crippen molar-refractivity contribution in [3.8, 4) is 0 Å². The maximum atomic E-state index is 6.24. The van der Waals surface area contributed by atoms with E-state index in [0.29, 0.717) is 5.41 Å². The summed E-state index contributed by atoms with van der Waals surface area (Å²) in [4.78, 5) is 0. The van der Waals surface area contributed by atoms with E-state index >= 15 is 0 Å². The van der Waals surface area contributed by atoms with Gasteiger partial charge < -0.3 is 4.74 Å². The van der Waals surface area contributed by atoms with E-state index in [9.17, 15) is 0 Å². The van der Waals surface area contributed by atoms with Crippen LogP contribution >= 0.6 is 0 Å². The SMILES string of the molecule is CC1(C)CCCC2(C1)NCC(C1CC1)CO2. The molecule has 1 spiro atoms. The molecule has 1 aliphatic heterocycles. The average Bonchev–Trinajstić information content (AvgIpc) is 3.00. The first-order valence-corrected chi connectivity index (χ1v) is 6.98. The summed E-state index contributed by atoms with van der Waals surface area (Å²) in [6, 6.07) is 0. The van der Waals surface area contributed by atoms with Gasteiger partial charge >= 0.3 is 0 Å². The Kier molecular flexibility index (Phi) is 2.56. The summed E-state index contributed by atoms with van der Waals surface area (Å²) < 4.78 is 6.24. The molecule has 3 fully saturated rings. The van der Waals surface area contributed by atoms with E-state index < -0.39 is 0 Å². The van der Waals surface area contributed by atoms with Gasteiger partial charge in [0.2, 0.25) is 0 Å². The van der Waals surface area contributed by atoms with Gasteiger partial charge in [-0.2, -0.15) is 0 Å². The van der Waals surface area contributed by atoms with E-state index in [1.807, 2.05) is 0 Å². The quantitative estimate of drug-likeness (QED) is 0.738. The first kappa shape index (κ1) is 11.0. The average molecular weight is 223 g/mol. The summed E-state index contributed by atoms with van der Waals surface area (Å²) in [6.07, 6.45) is 7.95. The minimum Gasteiger partial charge on any atom is -0.360 e. The van der Waals surface area contributed by atoms with Gasteiger partial charge in [0.15, 0.2) is 0 Å². The van der Waals surface area contributed by atoms with Crippen molar-refractivity contribution in [1.82, 2.24) is 5.32 Å². The lowest BCUT2D eigenvalue weighted by Crippen LogP contribution is -2.58. The summed E-state index contributed by atoms with van der Waals surface area (Å²) in [5.74, 6) is 1.78. The third-order valence-corrected chi connectivity index (χ3v) is 4.75. The van der Waals surface area contributed by atoms with Crippen LogP contribution in [0.15, 0.2) is 0 Å². The molecule has 2 atom stereocenters. The predicted octanol–water partition coefficient (Wildman–Crippen LogP) is 2.93. The molecule has 2 unspecified atom stereocenters. The van der Waals surface area contributed by atoms with Crippen molar-refractivity contribution in [3.63, 3.8) is 0 Å². The molecule has 0 aromatic rings. The summed E-state index contributed by atoms with van der Waals surface area (Å²) in [5, 5.41) is 3.74.